The molecule has 7 nitrogen and oxygen atoms in total. The van der Waals surface area contributed by atoms with Gasteiger partial charge in [-0.3, -0.25) is 0 Å². The second-order valence-corrected chi connectivity index (χ2v) is 9.36. The smallest absolute Gasteiger partial charge is 0.215 e. The standard InChI is InChI=1S/C21H28N6OS/c1-21(2,3)27-20(22-23-24-27)19(18-10-7-15-29-18)26-13-11-25(12-14-26)16-8-5-6-9-17(16)28-4/h5-10,15,19H,11-14H2,1-4H3/p+1/t19-/m1/s1. The quantitative estimate of drug-likeness (QED) is 0.693. The number of hydrogen-bond donors (Lipinski definition) is 1. The van der Waals surface area contributed by atoms with Crippen LogP contribution in [-0.4, -0.2) is 53.5 Å². The van der Waals surface area contributed by atoms with Gasteiger partial charge in [-0.05, 0) is 54.8 Å². The van der Waals surface area contributed by atoms with Gasteiger partial charge in [-0.25, -0.2) is 4.68 Å². The molecule has 1 aliphatic heterocycles. The van der Waals surface area contributed by atoms with Crippen LogP contribution in [0.2, 0.25) is 0 Å². The molecule has 0 amide bonds. The molecule has 3 heterocycles. The summed E-state index contributed by atoms with van der Waals surface area (Å²) < 4.78 is 7.55. The zero-order valence-electron chi connectivity index (χ0n) is 17.5. The van der Waals surface area contributed by atoms with Gasteiger partial charge in [-0.15, -0.1) is 16.4 Å². The third-order valence-electron chi connectivity index (χ3n) is 5.45. The first-order valence-electron chi connectivity index (χ1n) is 10.0. The van der Waals surface area contributed by atoms with Crippen LogP contribution in [-0.2, 0) is 5.54 Å². The lowest BCUT2D eigenvalue weighted by atomic mass is 10.1. The Balaban J connectivity index is 1.59. The molecule has 4 rings (SSSR count). The first-order valence-corrected chi connectivity index (χ1v) is 10.9. The number of tetrazole rings is 1. The fourth-order valence-corrected chi connectivity index (χ4v) is 4.91. The van der Waals surface area contributed by atoms with Crippen LogP contribution in [0.1, 0.15) is 37.5 Å². The number of thiophene rings is 1. The predicted octanol–water partition coefficient (Wildman–Crippen LogP) is 1.99. The molecular formula is C21H29N6OS+. The molecule has 1 aromatic carbocycles. The number of aromatic nitrogens is 4. The number of para-hydroxylation sites is 2. The number of ether oxygens (including phenoxy) is 1. The van der Waals surface area contributed by atoms with Crippen molar-refractivity contribution in [3.8, 4) is 5.75 Å². The zero-order valence-corrected chi connectivity index (χ0v) is 18.3. The van der Waals surface area contributed by atoms with Crippen LogP contribution >= 0.6 is 11.3 Å². The molecule has 2 aromatic heterocycles. The molecule has 0 aliphatic carbocycles. The largest absolute Gasteiger partial charge is 0.495 e. The predicted molar refractivity (Wildman–Crippen MR) is 115 cm³/mol. The summed E-state index contributed by atoms with van der Waals surface area (Å²) in [7, 11) is 1.74. The van der Waals surface area contributed by atoms with Crippen molar-refractivity contribution in [2.45, 2.75) is 32.4 Å². The van der Waals surface area contributed by atoms with E-state index in [0.717, 1.165) is 37.8 Å². The van der Waals surface area contributed by atoms with E-state index in [0.29, 0.717) is 0 Å². The van der Waals surface area contributed by atoms with Crippen molar-refractivity contribution >= 4 is 17.0 Å². The number of benzene rings is 1. The van der Waals surface area contributed by atoms with Gasteiger partial charge in [-0.2, -0.15) is 0 Å². The van der Waals surface area contributed by atoms with E-state index < -0.39 is 0 Å². The maximum Gasteiger partial charge on any atom is 0.215 e. The number of anilines is 1. The zero-order chi connectivity index (χ0) is 20.4. The fraction of sp³-hybridized carbons (Fsp3) is 0.476. The minimum atomic E-state index is -0.160. The van der Waals surface area contributed by atoms with Crippen LogP contribution in [0.5, 0.6) is 5.75 Å². The Hall–Kier alpha value is -2.45. The van der Waals surface area contributed by atoms with Gasteiger partial charge in [0.1, 0.15) is 5.75 Å². The van der Waals surface area contributed by atoms with Crippen molar-refractivity contribution < 1.29 is 9.64 Å². The van der Waals surface area contributed by atoms with E-state index in [1.54, 1.807) is 18.4 Å². The topological polar surface area (TPSA) is 60.5 Å². The van der Waals surface area contributed by atoms with Crippen LogP contribution in [0.4, 0.5) is 5.69 Å². The molecule has 0 spiro atoms. The summed E-state index contributed by atoms with van der Waals surface area (Å²) >= 11 is 1.78. The molecule has 0 bridgehead atoms. The van der Waals surface area contributed by atoms with E-state index in [-0.39, 0.29) is 11.6 Å². The Morgan fingerprint density at radius 2 is 1.86 bits per heavy atom. The lowest BCUT2D eigenvalue weighted by Crippen LogP contribution is -3.15. The lowest BCUT2D eigenvalue weighted by Gasteiger charge is -2.37. The third kappa shape index (κ3) is 4.00. The van der Waals surface area contributed by atoms with Crippen LogP contribution < -0.4 is 14.5 Å². The number of piperazine rings is 1. The highest BCUT2D eigenvalue weighted by atomic mass is 32.1. The molecular weight excluding hydrogens is 384 g/mol. The first kappa shape index (κ1) is 19.8. The monoisotopic (exact) mass is 413 g/mol. The highest BCUT2D eigenvalue weighted by Crippen LogP contribution is 2.29. The van der Waals surface area contributed by atoms with E-state index in [1.807, 2.05) is 16.8 Å². The van der Waals surface area contributed by atoms with Gasteiger partial charge in [-0.1, -0.05) is 18.2 Å². The molecule has 3 aromatic rings. The van der Waals surface area contributed by atoms with Gasteiger partial charge in [0, 0.05) is 0 Å². The summed E-state index contributed by atoms with van der Waals surface area (Å²) in [5, 5.41) is 15.0. The van der Waals surface area contributed by atoms with E-state index in [1.165, 1.54) is 15.5 Å². The second-order valence-electron chi connectivity index (χ2n) is 8.39. The number of hydrogen-bond acceptors (Lipinski definition) is 6. The van der Waals surface area contributed by atoms with Gasteiger partial charge in [0.05, 0.1) is 49.4 Å². The van der Waals surface area contributed by atoms with Crippen molar-refractivity contribution in [1.29, 1.82) is 0 Å². The molecule has 29 heavy (non-hydrogen) atoms. The molecule has 0 unspecified atom stereocenters. The molecule has 1 aliphatic rings. The number of nitrogens with one attached hydrogen (secondary N) is 1. The molecule has 1 saturated heterocycles. The fourth-order valence-electron chi connectivity index (χ4n) is 4.03. The minimum Gasteiger partial charge on any atom is -0.495 e. The Bertz CT molecular complexity index is 925. The number of rotatable bonds is 5. The van der Waals surface area contributed by atoms with Crippen molar-refractivity contribution in [3.05, 3.63) is 52.5 Å². The van der Waals surface area contributed by atoms with Crippen molar-refractivity contribution in [1.82, 2.24) is 20.2 Å². The number of quaternary nitrogens is 1. The highest BCUT2D eigenvalue weighted by Gasteiger charge is 2.37. The van der Waals surface area contributed by atoms with Gasteiger partial charge in [0.25, 0.3) is 0 Å². The average Bonchev–Trinajstić information content (AvgIpc) is 3.41. The second kappa shape index (κ2) is 8.12. The normalized spacial score (nSPS) is 16.8. The Kier molecular flexibility index (Phi) is 5.56. The summed E-state index contributed by atoms with van der Waals surface area (Å²) in [5.41, 5.74) is 1.01. The SMILES string of the molecule is COc1ccccc1N1CC[NH+]([C@H](c2cccs2)c2nnnn2C(C)(C)C)CC1. The third-order valence-corrected chi connectivity index (χ3v) is 6.39. The molecule has 1 N–H and O–H groups in total. The molecule has 8 heteroatoms. The van der Waals surface area contributed by atoms with E-state index >= 15 is 0 Å². The van der Waals surface area contributed by atoms with Gasteiger partial charge >= 0.3 is 0 Å². The first-order chi connectivity index (χ1) is 14.0. The Morgan fingerprint density at radius 3 is 2.52 bits per heavy atom. The number of methoxy groups -OCH3 is 1. The summed E-state index contributed by atoms with van der Waals surface area (Å²) in [6.07, 6.45) is 0. The van der Waals surface area contributed by atoms with E-state index in [2.05, 4.69) is 70.8 Å². The average molecular weight is 414 g/mol. The Labute approximate surface area is 175 Å². The van der Waals surface area contributed by atoms with Gasteiger partial charge < -0.3 is 14.5 Å². The molecule has 1 fully saturated rings. The maximum absolute atomic E-state index is 5.57. The summed E-state index contributed by atoms with van der Waals surface area (Å²) in [4.78, 5) is 5.23. The summed E-state index contributed by atoms with van der Waals surface area (Å²) in [6.45, 7) is 10.4. The van der Waals surface area contributed by atoms with E-state index in [4.69, 9.17) is 4.74 Å². The van der Waals surface area contributed by atoms with Crippen LogP contribution in [0.3, 0.4) is 0 Å². The summed E-state index contributed by atoms with van der Waals surface area (Å²) in [5.74, 6) is 1.88. The molecule has 1 atom stereocenters. The molecule has 154 valence electrons. The molecule has 0 radical (unpaired) electrons. The summed E-state index contributed by atoms with van der Waals surface area (Å²) in [6, 6.07) is 12.7. The van der Waals surface area contributed by atoms with Gasteiger partial charge in [0.15, 0.2) is 6.04 Å². The van der Waals surface area contributed by atoms with Crippen molar-refractivity contribution in [2.24, 2.45) is 0 Å². The number of nitrogens with zero attached hydrogens (tertiary/aromatic N) is 5. The van der Waals surface area contributed by atoms with Crippen LogP contribution in [0.25, 0.3) is 0 Å². The molecule has 0 saturated carbocycles. The van der Waals surface area contributed by atoms with Crippen molar-refractivity contribution in [3.63, 3.8) is 0 Å². The van der Waals surface area contributed by atoms with Crippen molar-refractivity contribution in [2.75, 3.05) is 38.2 Å². The van der Waals surface area contributed by atoms with Crippen LogP contribution in [0, 0.1) is 0 Å². The Morgan fingerprint density at radius 1 is 1.10 bits per heavy atom. The minimum absolute atomic E-state index is 0.143. The van der Waals surface area contributed by atoms with Gasteiger partial charge in [0.2, 0.25) is 5.82 Å². The van der Waals surface area contributed by atoms with E-state index in [9.17, 15) is 0 Å². The van der Waals surface area contributed by atoms with Crippen LogP contribution in [0.15, 0.2) is 41.8 Å². The maximum atomic E-state index is 5.57. The lowest BCUT2D eigenvalue weighted by molar-refractivity contribution is -0.926. The highest BCUT2D eigenvalue weighted by molar-refractivity contribution is 7.10.